The molecule has 184 valence electrons. The lowest BCUT2D eigenvalue weighted by Crippen LogP contribution is -2.16. The molecule has 2 N–H and O–H groups in total. The highest BCUT2D eigenvalue weighted by atomic mass is 16.2. The number of nitrogens with zero attached hydrogens (tertiary/aromatic N) is 5. The predicted octanol–water partition coefficient (Wildman–Crippen LogP) is 5.41. The molecule has 3 heterocycles. The molecule has 1 amide bonds. The summed E-state index contributed by atoms with van der Waals surface area (Å²) in [4.78, 5) is 22.0. The van der Waals surface area contributed by atoms with Crippen molar-refractivity contribution in [3.05, 3.63) is 64.6 Å². The van der Waals surface area contributed by atoms with E-state index in [2.05, 4.69) is 60.5 Å². The minimum Gasteiger partial charge on any atom is -0.345 e. The molecule has 0 spiro atoms. The lowest BCUT2D eigenvalue weighted by Gasteiger charge is -2.12. The number of hydrogen-bond acceptors (Lipinski definition) is 5. The van der Waals surface area contributed by atoms with Gasteiger partial charge in [-0.05, 0) is 75.4 Å². The number of hydrogen-bond donors (Lipinski definition) is 2. The van der Waals surface area contributed by atoms with Crippen molar-refractivity contribution in [2.24, 2.45) is 7.05 Å². The number of benzene rings is 2. The highest BCUT2D eigenvalue weighted by Gasteiger charge is 2.29. The van der Waals surface area contributed by atoms with Crippen LogP contribution in [0.5, 0.6) is 0 Å². The molecule has 1 aliphatic carbocycles. The van der Waals surface area contributed by atoms with E-state index in [0.29, 0.717) is 24.2 Å². The number of imidazole rings is 1. The third-order valence-corrected chi connectivity index (χ3v) is 7.29. The topological polar surface area (TPSA) is 89.7 Å². The number of aromatic nitrogens is 5. The van der Waals surface area contributed by atoms with Gasteiger partial charge in [0.05, 0.1) is 11.7 Å². The van der Waals surface area contributed by atoms with Gasteiger partial charge in [0.2, 0.25) is 5.95 Å². The van der Waals surface area contributed by atoms with Gasteiger partial charge in [-0.1, -0.05) is 12.1 Å². The maximum atomic E-state index is 12.2. The highest BCUT2D eigenvalue weighted by Crippen LogP contribution is 2.40. The van der Waals surface area contributed by atoms with Gasteiger partial charge < -0.3 is 15.2 Å². The minimum atomic E-state index is -0.0143. The maximum Gasteiger partial charge on any atom is 0.252 e. The molecule has 0 radical (unpaired) electrons. The molecular formula is C28H31N7O. The molecule has 8 nitrogen and oxygen atoms in total. The number of carbonyl (C=O) groups excluding carboxylic acids is 1. The SMILES string of the molecule is CCn1nc(-c2ccc(-c3cn(C)c(C4CC4)n3)cc2C)nc1Nc1cc2c(cc1C)C(=O)NC2C. The monoisotopic (exact) mass is 481 g/mol. The normalized spacial score (nSPS) is 16.8. The third kappa shape index (κ3) is 3.77. The number of rotatable bonds is 6. The van der Waals surface area contributed by atoms with Crippen molar-refractivity contribution in [1.82, 2.24) is 29.6 Å². The van der Waals surface area contributed by atoms with E-state index >= 15 is 0 Å². The average molecular weight is 482 g/mol. The van der Waals surface area contributed by atoms with Crippen molar-refractivity contribution in [3.8, 4) is 22.6 Å². The molecule has 2 aromatic heterocycles. The van der Waals surface area contributed by atoms with Crippen LogP contribution in [0.2, 0.25) is 0 Å². The van der Waals surface area contributed by atoms with Gasteiger partial charge in [0.25, 0.3) is 5.91 Å². The molecule has 6 rings (SSSR count). The third-order valence-electron chi connectivity index (χ3n) is 7.29. The summed E-state index contributed by atoms with van der Waals surface area (Å²) in [6.07, 6.45) is 4.60. The zero-order valence-corrected chi connectivity index (χ0v) is 21.4. The number of carbonyl (C=O) groups is 1. The lowest BCUT2D eigenvalue weighted by atomic mass is 10.0. The van der Waals surface area contributed by atoms with E-state index in [1.54, 1.807) is 0 Å². The van der Waals surface area contributed by atoms with E-state index < -0.39 is 0 Å². The van der Waals surface area contributed by atoms with Crippen molar-refractivity contribution in [2.75, 3.05) is 5.32 Å². The fourth-order valence-electron chi connectivity index (χ4n) is 5.07. The fourth-order valence-corrected chi connectivity index (χ4v) is 5.07. The van der Waals surface area contributed by atoms with Crippen LogP contribution in [0.4, 0.5) is 11.6 Å². The van der Waals surface area contributed by atoms with Crippen LogP contribution in [0.25, 0.3) is 22.6 Å². The van der Waals surface area contributed by atoms with E-state index in [0.717, 1.165) is 44.8 Å². The molecule has 1 saturated carbocycles. The summed E-state index contributed by atoms with van der Waals surface area (Å²) >= 11 is 0. The average Bonchev–Trinajstić information content (AvgIpc) is 3.41. The van der Waals surface area contributed by atoms with Crippen LogP contribution in [0, 0.1) is 13.8 Å². The molecule has 4 aromatic rings. The Kier molecular flexibility index (Phi) is 5.21. The predicted molar refractivity (Wildman–Crippen MR) is 140 cm³/mol. The quantitative estimate of drug-likeness (QED) is 0.384. The second kappa shape index (κ2) is 8.33. The first-order valence-corrected chi connectivity index (χ1v) is 12.6. The van der Waals surface area contributed by atoms with Gasteiger partial charge in [0, 0.05) is 48.1 Å². The fraction of sp³-hybridized carbons (Fsp3) is 0.357. The van der Waals surface area contributed by atoms with Gasteiger partial charge in [0.15, 0.2) is 5.82 Å². The van der Waals surface area contributed by atoms with Crippen molar-refractivity contribution in [3.63, 3.8) is 0 Å². The Balaban J connectivity index is 1.31. The Morgan fingerprint density at radius 1 is 1.08 bits per heavy atom. The molecule has 1 unspecified atom stereocenters. The van der Waals surface area contributed by atoms with Crippen molar-refractivity contribution >= 4 is 17.5 Å². The maximum absolute atomic E-state index is 12.2. The number of fused-ring (bicyclic) bond motifs is 1. The summed E-state index contributed by atoms with van der Waals surface area (Å²) in [7, 11) is 2.08. The first kappa shape index (κ1) is 22.5. The van der Waals surface area contributed by atoms with Crippen LogP contribution in [-0.2, 0) is 13.6 Å². The first-order valence-electron chi connectivity index (χ1n) is 12.6. The van der Waals surface area contributed by atoms with Gasteiger partial charge >= 0.3 is 0 Å². The summed E-state index contributed by atoms with van der Waals surface area (Å²) in [5.74, 6) is 3.16. The Labute approximate surface area is 210 Å². The number of nitrogens with one attached hydrogen (secondary N) is 2. The smallest absolute Gasteiger partial charge is 0.252 e. The molecule has 1 fully saturated rings. The Hall–Kier alpha value is -3.94. The van der Waals surface area contributed by atoms with Gasteiger partial charge in [-0.3, -0.25) is 4.79 Å². The van der Waals surface area contributed by atoms with Crippen molar-refractivity contribution < 1.29 is 4.79 Å². The zero-order valence-electron chi connectivity index (χ0n) is 21.4. The van der Waals surface area contributed by atoms with E-state index in [-0.39, 0.29) is 11.9 Å². The second-order valence-electron chi connectivity index (χ2n) is 10.0. The van der Waals surface area contributed by atoms with E-state index in [1.165, 1.54) is 18.7 Å². The molecule has 2 aliphatic rings. The van der Waals surface area contributed by atoms with Crippen LogP contribution in [0.15, 0.2) is 36.5 Å². The van der Waals surface area contributed by atoms with E-state index in [1.807, 2.05) is 30.7 Å². The minimum absolute atomic E-state index is 0.00567. The molecule has 36 heavy (non-hydrogen) atoms. The van der Waals surface area contributed by atoms with Gasteiger partial charge in [-0.25, -0.2) is 9.67 Å². The molecule has 1 aliphatic heterocycles. The summed E-state index contributed by atoms with van der Waals surface area (Å²) in [5.41, 5.74) is 7.90. The van der Waals surface area contributed by atoms with Gasteiger partial charge in [0.1, 0.15) is 5.82 Å². The van der Waals surface area contributed by atoms with Crippen LogP contribution in [-0.4, -0.2) is 30.2 Å². The summed E-state index contributed by atoms with van der Waals surface area (Å²) in [6.45, 7) is 8.84. The summed E-state index contributed by atoms with van der Waals surface area (Å²) in [6, 6.07) is 10.4. The van der Waals surface area contributed by atoms with Crippen LogP contribution < -0.4 is 10.6 Å². The second-order valence-corrected chi connectivity index (χ2v) is 10.0. The zero-order chi connectivity index (χ0) is 25.1. The largest absolute Gasteiger partial charge is 0.345 e. The molecule has 1 atom stereocenters. The number of anilines is 2. The van der Waals surface area contributed by atoms with Crippen molar-refractivity contribution in [1.29, 1.82) is 0 Å². The molecule has 2 aromatic carbocycles. The van der Waals surface area contributed by atoms with Gasteiger partial charge in [-0.15, -0.1) is 5.10 Å². The lowest BCUT2D eigenvalue weighted by molar-refractivity contribution is 0.0958. The van der Waals surface area contributed by atoms with E-state index in [9.17, 15) is 4.79 Å². The molecule has 8 heteroatoms. The number of aryl methyl sites for hydroxylation is 4. The summed E-state index contributed by atoms with van der Waals surface area (Å²) in [5, 5.41) is 11.2. The molecule has 0 saturated heterocycles. The standard InChI is InChI=1S/C28H31N7O/c1-6-35-28(31-23-13-21-17(4)29-27(36)22(21)12-16(23)3)32-25(33-35)20-10-9-19(11-15(20)2)24-14-34(5)26(30-24)18-7-8-18/h9-14,17-18H,6-8H2,1-5H3,(H,29,36)(H,31,32,33). The molecular weight excluding hydrogens is 450 g/mol. The molecule has 0 bridgehead atoms. The van der Waals surface area contributed by atoms with Gasteiger partial charge in [-0.2, -0.15) is 4.98 Å². The van der Waals surface area contributed by atoms with Crippen LogP contribution >= 0.6 is 0 Å². The van der Waals surface area contributed by atoms with Crippen LogP contribution in [0.3, 0.4) is 0 Å². The Bertz CT molecular complexity index is 1510. The number of amides is 1. The summed E-state index contributed by atoms with van der Waals surface area (Å²) < 4.78 is 4.04. The Morgan fingerprint density at radius 3 is 2.61 bits per heavy atom. The van der Waals surface area contributed by atoms with Crippen LogP contribution in [0.1, 0.15) is 71.5 Å². The highest BCUT2D eigenvalue weighted by molar-refractivity contribution is 6.00. The Morgan fingerprint density at radius 2 is 1.89 bits per heavy atom. The van der Waals surface area contributed by atoms with E-state index in [4.69, 9.17) is 15.1 Å². The first-order chi connectivity index (χ1) is 17.3. The van der Waals surface area contributed by atoms with Crippen molar-refractivity contribution in [2.45, 2.75) is 59.0 Å².